The second-order valence-electron chi connectivity index (χ2n) is 5.97. The van der Waals surface area contributed by atoms with Crippen molar-refractivity contribution < 1.29 is 14.6 Å². The molecule has 0 fully saturated rings. The van der Waals surface area contributed by atoms with E-state index in [0.29, 0.717) is 11.5 Å². The normalized spacial score (nSPS) is 11.0. The molecule has 1 aromatic heterocycles. The zero-order chi connectivity index (χ0) is 21.0. The van der Waals surface area contributed by atoms with E-state index in [0.717, 1.165) is 10.1 Å². The summed E-state index contributed by atoms with van der Waals surface area (Å²) in [4.78, 5) is 30.8. The van der Waals surface area contributed by atoms with Crippen molar-refractivity contribution in [2.75, 3.05) is 14.2 Å². The molecule has 2 N–H and O–H groups in total. The Bertz CT molecular complexity index is 1160. The summed E-state index contributed by atoms with van der Waals surface area (Å²) in [5, 5.41) is 10.8. The zero-order valence-corrected chi connectivity index (χ0v) is 16.4. The molecule has 0 saturated carbocycles. The first-order valence-electron chi connectivity index (χ1n) is 8.49. The van der Waals surface area contributed by atoms with E-state index in [-0.39, 0.29) is 22.8 Å². The number of methoxy groups -OCH3 is 2. The van der Waals surface area contributed by atoms with E-state index in [2.05, 4.69) is 9.98 Å². The molecule has 8 nitrogen and oxygen atoms in total. The Hall–Kier alpha value is -3.52. The molecule has 1 heterocycles. The molecule has 2 aromatic carbocycles. The SMILES string of the molecule is COc1cc(CN=Cc2c(O)n(-c3ccccc3Cl)c(=O)[nH]c2=O)cc(OC)c1. The van der Waals surface area contributed by atoms with Crippen LogP contribution >= 0.6 is 11.6 Å². The standard InChI is InChI=1S/C20H18ClN3O5/c1-28-13-7-12(8-14(9-13)29-2)10-22-11-15-18(25)23-20(27)24(19(15)26)17-6-4-3-5-16(17)21/h3-9,11,26H,10H2,1-2H3,(H,23,25,27). The quantitative estimate of drug-likeness (QED) is 0.602. The lowest BCUT2D eigenvalue weighted by molar-refractivity contribution is 0.393. The number of aromatic nitrogens is 2. The minimum absolute atomic E-state index is 0.167. The van der Waals surface area contributed by atoms with Crippen molar-refractivity contribution in [2.24, 2.45) is 4.99 Å². The lowest BCUT2D eigenvalue weighted by Crippen LogP contribution is -2.31. The summed E-state index contributed by atoms with van der Waals surface area (Å²) in [5.41, 5.74) is -0.731. The number of para-hydroxylation sites is 1. The number of halogens is 1. The van der Waals surface area contributed by atoms with E-state index in [1.165, 1.54) is 20.4 Å². The highest BCUT2D eigenvalue weighted by Crippen LogP contribution is 2.24. The van der Waals surface area contributed by atoms with Crippen LogP contribution in [0.15, 0.2) is 57.0 Å². The van der Waals surface area contributed by atoms with Gasteiger partial charge in [0.15, 0.2) is 0 Å². The number of rotatable bonds is 6. The van der Waals surface area contributed by atoms with Gasteiger partial charge in [-0.15, -0.1) is 0 Å². The van der Waals surface area contributed by atoms with Crippen LogP contribution in [0.25, 0.3) is 5.69 Å². The third-order valence-electron chi connectivity index (χ3n) is 4.12. The number of nitrogens with zero attached hydrogens (tertiary/aromatic N) is 2. The summed E-state index contributed by atoms with van der Waals surface area (Å²) < 4.78 is 11.3. The Morgan fingerprint density at radius 3 is 2.41 bits per heavy atom. The number of ether oxygens (including phenoxy) is 2. The smallest absolute Gasteiger partial charge is 0.335 e. The lowest BCUT2D eigenvalue weighted by atomic mass is 10.2. The highest BCUT2D eigenvalue weighted by Gasteiger charge is 2.15. The molecule has 0 spiro atoms. The Balaban J connectivity index is 1.98. The van der Waals surface area contributed by atoms with Crippen LogP contribution in [0, 0.1) is 0 Å². The largest absolute Gasteiger partial charge is 0.497 e. The molecule has 0 aliphatic rings. The Kier molecular flexibility index (Phi) is 6.04. The fourth-order valence-corrected chi connectivity index (χ4v) is 2.93. The molecule has 0 bridgehead atoms. The van der Waals surface area contributed by atoms with Crippen molar-refractivity contribution in [1.82, 2.24) is 9.55 Å². The molecule has 9 heteroatoms. The molecule has 0 amide bonds. The second kappa shape index (κ2) is 8.66. The first kappa shape index (κ1) is 20.2. The van der Waals surface area contributed by atoms with Crippen LogP contribution in [-0.2, 0) is 6.54 Å². The molecule has 3 rings (SSSR count). The van der Waals surface area contributed by atoms with Crippen LogP contribution in [0.2, 0.25) is 5.02 Å². The average Bonchev–Trinajstić information content (AvgIpc) is 2.71. The highest BCUT2D eigenvalue weighted by atomic mass is 35.5. The maximum atomic E-state index is 12.2. The highest BCUT2D eigenvalue weighted by molar-refractivity contribution is 6.32. The number of benzene rings is 2. The minimum Gasteiger partial charge on any atom is -0.497 e. The minimum atomic E-state index is -0.810. The van der Waals surface area contributed by atoms with Crippen molar-refractivity contribution in [3.63, 3.8) is 0 Å². The molecule has 150 valence electrons. The van der Waals surface area contributed by atoms with Gasteiger partial charge in [0.05, 0.1) is 31.5 Å². The summed E-state index contributed by atoms with van der Waals surface area (Å²) >= 11 is 6.12. The number of H-pyrrole nitrogens is 1. The van der Waals surface area contributed by atoms with Crippen molar-refractivity contribution in [3.05, 3.63) is 79.5 Å². The van der Waals surface area contributed by atoms with Crippen molar-refractivity contribution in [1.29, 1.82) is 0 Å². The van der Waals surface area contributed by atoms with E-state index in [1.54, 1.807) is 42.5 Å². The fraction of sp³-hybridized carbons (Fsp3) is 0.150. The first-order chi connectivity index (χ1) is 13.9. The van der Waals surface area contributed by atoms with Crippen LogP contribution in [0.1, 0.15) is 11.1 Å². The number of hydrogen-bond donors (Lipinski definition) is 2. The van der Waals surface area contributed by atoms with E-state index in [9.17, 15) is 14.7 Å². The van der Waals surface area contributed by atoms with Gasteiger partial charge in [0, 0.05) is 12.3 Å². The molecular weight excluding hydrogens is 398 g/mol. The molecule has 0 aliphatic carbocycles. The fourth-order valence-electron chi connectivity index (χ4n) is 2.71. The topological polar surface area (TPSA) is 106 Å². The lowest BCUT2D eigenvalue weighted by Gasteiger charge is -2.11. The van der Waals surface area contributed by atoms with Gasteiger partial charge in [0.25, 0.3) is 5.56 Å². The molecule has 0 atom stereocenters. The van der Waals surface area contributed by atoms with Gasteiger partial charge in [-0.1, -0.05) is 23.7 Å². The molecule has 0 saturated heterocycles. The van der Waals surface area contributed by atoms with Crippen molar-refractivity contribution >= 4 is 17.8 Å². The van der Waals surface area contributed by atoms with Crippen LogP contribution < -0.4 is 20.7 Å². The summed E-state index contributed by atoms with van der Waals surface area (Å²) in [6.45, 7) is 0.192. The monoisotopic (exact) mass is 415 g/mol. The van der Waals surface area contributed by atoms with Gasteiger partial charge < -0.3 is 14.6 Å². The zero-order valence-electron chi connectivity index (χ0n) is 15.7. The summed E-state index contributed by atoms with van der Waals surface area (Å²) in [5.74, 6) is 0.642. The molecule has 29 heavy (non-hydrogen) atoms. The predicted molar refractivity (Wildman–Crippen MR) is 110 cm³/mol. The van der Waals surface area contributed by atoms with Gasteiger partial charge in [-0.3, -0.25) is 14.8 Å². The van der Waals surface area contributed by atoms with Crippen molar-refractivity contribution in [2.45, 2.75) is 6.54 Å². The van der Waals surface area contributed by atoms with Crippen LogP contribution in [0.4, 0.5) is 0 Å². The van der Waals surface area contributed by atoms with Gasteiger partial charge >= 0.3 is 5.69 Å². The second-order valence-corrected chi connectivity index (χ2v) is 6.38. The summed E-state index contributed by atoms with van der Waals surface area (Å²) in [6, 6.07) is 11.7. The third kappa shape index (κ3) is 4.33. The maximum Gasteiger partial charge on any atom is 0.335 e. The first-order valence-corrected chi connectivity index (χ1v) is 8.87. The number of nitrogens with one attached hydrogen (secondary N) is 1. The summed E-state index contributed by atoms with van der Waals surface area (Å²) in [7, 11) is 3.08. The van der Waals surface area contributed by atoms with E-state index >= 15 is 0 Å². The van der Waals surface area contributed by atoms with Crippen LogP contribution in [0.3, 0.4) is 0 Å². The molecule has 0 radical (unpaired) electrons. The average molecular weight is 416 g/mol. The maximum absolute atomic E-state index is 12.2. The number of aliphatic imine (C=N–C) groups is 1. The van der Waals surface area contributed by atoms with E-state index in [4.69, 9.17) is 21.1 Å². The third-order valence-corrected chi connectivity index (χ3v) is 4.44. The van der Waals surface area contributed by atoms with Crippen molar-refractivity contribution in [3.8, 4) is 23.1 Å². The van der Waals surface area contributed by atoms with Gasteiger partial charge in [-0.2, -0.15) is 0 Å². The van der Waals surface area contributed by atoms with E-state index in [1.807, 2.05) is 0 Å². The number of aromatic amines is 1. The molecule has 0 unspecified atom stereocenters. The predicted octanol–water partition coefficient (Wildman–Crippen LogP) is 2.52. The van der Waals surface area contributed by atoms with Gasteiger partial charge in [-0.05, 0) is 29.8 Å². The number of hydrogen-bond acceptors (Lipinski definition) is 6. The Morgan fingerprint density at radius 2 is 1.79 bits per heavy atom. The molecule has 3 aromatic rings. The Morgan fingerprint density at radius 1 is 1.14 bits per heavy atom. The van der Waals surface area contributed by atoms with Crippen LogP contribution in [0.5, 0.6) is 17.4 Å². The molecule has 0 aliphatic heterocycles. The van der Waals surface area contributed by atoms with Gasteiger partial charge in [-0.25, -0.2) is 9.36 Å². The van der Waals surface area contributed by atoms with Gasteiger partial charge in [0.1, 0.15) is 17.1 Å². The van der Waals surface area contributed by atoms with Crippen LogP contribution in [-0.4, -0.2) is 35.1 Å². The number of aromatic hydroxyl groups is 1. The van der Waals surface area contributed by atoms with E-state index < -0.39 is 17.1 Å². The van der Waals surface area contributed by atoms with Gasteiger partial charge in [0.2, 0.25) is 5.88 Å². The summed E-state index contributed by atoms with van der Waals surface area (Å²) in [6.07, 6.45) is 1.20. The molecular formula is C20H18ClN3O5. The Labute approximate surface area is 170 Å².